The third kappa shape index (κ3) is 3.73. The molecule has 4 rings (SSSR count). The first kappa shape index (κ1) is 19.1. The molecule has 7 heteroatoms. The van der Waals surface area contributed by atoms with Gasteiger partial charge >= 0.3 is 0 Å². The minimum Gasteiger partial charge on any atom is -0.260 e. The molecule has 142 valence electrons. The van der Waals surface area contributed by atoms with Gasteiger partial charge in [0.25, 0.3) is 0 Å². The first-order chi connectivity index (χ1) is 12.8. The molecule has 0 saturated carbocycles. The Morgan fingerprint density at radius 3 is 2.67 bits per heavy atom. The van der Waals surface area contributed by atoms with E-state index in [1.165, 1.54) is 11.8 Å². The van der Waals surface area contributed by atoms with E-state index < -0.39 is 10.0 Å². The Labute approximate surface area is 173 Å². The summed E-state index contributed by atoms with van der Waals surface area (Å²) in [6, 6.07) is 10.0. The number of piperidine rings is 1. The zero-order chi connectivity index (χ0) is 19.2. The number of hydrogen-bond donors (Lipinski definition) is 0. The van der Waals surface area contributed by atoms with Gasteiger partial charge in [-0.05, 0) is 54.2 Å². The number of pyridine rings is 1. The second-order valence-corrected chi connectivity index (χ2v) is 10.5. The van der Waals surface area contributed by atoms with Crippen LogP contribution in [-0.4, -0.2) is 37.1 Å². The molecule has 1 fully saturated rings. The maximum absolute atomic E-state index is 11.9. The predicted molar refractivity (Wildman–Crippen MR) is 113 cm³/mol. The number of hydrogen-bond acceptors (Lipinski definition) is 3. The summed E-state index contributed by atoms with van der Waals surface area (Å²) in [5, 5.41) is 0.704. The highest BCUT2D eigenvalue weighted by molar-refractivity contribution is 9.15. The van der Waals surface area contributed by atoms with E-state index in [2.05, 4.69) is 34.1 Å². The van der Waals surface area contributed by atoms with Crippen molar-refractivity contribution in [1.82, 2.24) is 9.29 Å². The van der Waals surface area contributed by atoms with Gasteiger partial charge in [-0.25, -0.2) is 12.7 Å². The number of sulfonamides is 1. The molecule has 1 aromatic heterocycles. The summed E-state index contributed by atoms with van der Waals surface area (Å²) >= 11 is 9.97. The monoisotopic (exact) mass is 466 g/mol. The van der Waals surface area contributed by atoms with Crippen LogP contribution in [0.4, 0.5) is 0 Å². The Balaban J connectivity index is 1.79. The van der Waals surface area contributed by atoms with Gasteiger partial charge in [-0.2, -0.15) is 0 Å². The molecule has 1 aliphatic heterocycles. The predicted octanol–water partition coefficient (Wildman–Crippen LogP) is 4.74. The summed E-state index contributed by atoms with van der Waals surface area (Å²) in [6.07, 6.45) is 6.85. The number of nitrogens with zero attached hydrogens (tertiary/aromatic N) is 2. The highest BCUT2D eigenvalue weighted by Crippen LogP contribution is 2.45. The molecule has 2 heterocycles. The van der Waals surface area contributed by atoms with E-state index in [0.29, 0.717) is 24.0 Å². The minimum absolute atomic E-state index is 0.112. The average molecular weight is 468 g/mol. The van der Waals surface area contributed by atoms with Gasteiger partial charge in [0.1, 0.15) is 0 Å². The number of rotatable bonds is 2. The maximum atomic E-state index is 11.9. The van der Waals surface area contributed by atoms with Crippen molar-refractivity contribution in [2.75, 3.05) is 19.3 Å². The zero-order valence-electron chi connectivity index (χ0n) is 14.9. The van der Waals surface area contributed by atoms with Crippen LogP contribution < -0.4 is 0 Å². The van der Waals surface area contributed by atoms with Crippen molar-refractivity contribution < 1.29 is 8.42 Å². The molecule has 4 nitrogen and oxygen atoms in total. The molecule has 27 heavy (non-hydrogen) atoms. The Bertz CT molecular complexity index is 1010. The summed E-state index contributed by atoms with van der Waals surface area (Å²) in [6.45, 7) is 1.11. The van der Waals surface area contributed by atoms with E-state index in [4.69, 9.17) is 16.6 Å². The van der Waals surface area contributed by atoms with Gasteiger partial charge < -0.3 is 0 Å². The number of halogens is 2. The summed E-state index contributed by atoms with van der Waals surface area (Å²) in [4.78, 5) is 4.74. The molecule has 1 aromatic carbocycles. The van der Waals surface area contributed by atoms with Gasteiger partial charge in [-0.3, -0.25) is 4.98 Å². The molecule has 1 atom stereocenters. The molecular weight excluding hydrogens is 448 g/mol. The van der Waals surface area contributed by atoms with Crippen LogP contribution in [0.3, 0.4) is 0 Å². The molecule has 1 unspecified atom stereocenters. The first-order valence-corrected chi connectivity index (χ1v) is 11.9. The van der Waals surface area contributed by atoms with E-state index in [0.717, 1.165) is 34.1 Å². The number of fused-ring (bicyclic) bond motifs is 2. The van der Waals surface area contributed by atoms with Crippen molar-refractivity contribution >= 4 is 48.1 Å². The molecule has 0 bridgehead atoms. The van der Waals surface area contributed by atoms with E-state index in [1.807, 2.05) is 24.4 Å². The van der Waals surface area contributed by atoms with E-state index >= 15 is 0 Å². The van der Waals surface area contributed by atoms with Crippen LogP contribution in [-0.2, 0) is 10.0 Å². The quantitative estimate of drug-likeness (QED) is 0.641. The lowest BCUT2D eigenvalue weighted by Crippen LogP contribution is -2.39. The maximum Gasteiger partial charge on any atom is 0.211 e. The van der Waals surface area contributed by atoms with Crippen LogP contribution in [0, 0.1) is 5.92 Å². The SMILES string of the molecule is CS(=O)(=O)N1CCC(C2c3ccc(Cl)cc3C=C(Br)c3cccnc32)CC1. The largest absolute Gasteiger partial charge is 0.260 e. The molecule has 0 N–H and O–H groups in total. The average Bonchev–Trinajstić information content (AvgIpc) is 2.75. The fourth-order valence-electron chi connectivity index (χ4n) is 4.20. The third-order valence-corrected chi connectivity index (χ3v) is 7.69. The normalized spacial score (nSPS) is 21.1. The molecule has 1 aliphatic carbocycles. The van der Waals surface area contributed by atoms with Gasteiger partial charge in [0.15, 0.2) is 0 Å². The van der Waals surface area contributed by atoms with Gasteiger partial charge in [0.2, 0.25) is 10.0 Å². The first-order valence-electron chi connectivity index (χ1n) is 8.91. The zero-order valence-corrected chi connectivity index (χ0v) is 18.1. The molecule has 0 radical (unpaired) electrons. The van der Waals surface area contributed by atoms with Crippen LogP contribution in [0.1, 0.15) is 41.1 Å². The van der Waals surface area contributed by atoms with Gasteiger partial charge in [0.05, 0.1) is 11.9 Å². The lowest BCUT2D eigenvalue weighted by Gasteiger charge is -2.35. The fourth-order valence-corrected chi connectivity index (χ4v) is 5.84. The standard InChI is InChI=1S/C20H20BrClN2O2S/c1-27(25,26)24-9-6-13(7-10-24)19-16-5-4-15(22)11-14(16)12-18(21)17-3-2-8-23-20(17)19/h2-5,8,11-13,19H,6-7,9-10H2,1H3. The van der Waals surface area contributed by atoms with Gasteiger partial charge in [-0.15, -0.1) is 0 Å². The van der Waals surface area contributed by atoms with Crippen molar-refractivity contribution in [3.63, 3.8) is 0 Å². The summed E-state index contributed by atoms with van der Waals surface area (Å²) in [5.74, 6) is 0.435. The van der Waals surface area contributed by atoms with Crippen LogP contribution in [0.2, 0.25) is 5.02 Å². The number of benzene rings is 1. The molecule has 0 amide bonds. The molecular formula is C20H20BrClN2O2S. The van der Waals surface area contributed by atoms with Gasteiger partial charge in [0, 0.05) is 40.3 Å². The Morgan fingerprint density at radius 1 is 1.22 bits per heavy atom. The summed E-state index contributed by atoms with van der Waals surface area (Å²) < 4.78 is 26.3. The Hall–Kier alpha value is -1.21. The van der Waals surface area contributed by atoms with Crippen molar-refractivity contribution in [3.8, 4) is 0 Å². The minimum atomic E-state index is -3.14. The van der Waals surface area contributed by atoms with Crippen LogP contribution in [0.15, 0.2) is 36.5 Å². The Kier molecular flexibility index (Phi) is 5.18. The lowest BCUT2D eigenvalue weighted by atomic mass is 9.76. The smallest absolute Gasteiger partial charge is 0.211 e. The summed E-state index contributed by atoms with van der Waals surface area (Å²) in [5.41, 5.74) is 4.41. The van der Waals surface area contributed by atoms with Crippen LogP contribution in [0.5, 0.6) is 0 Å². The lowest BCUT2D eigenvalue weighted by molar-refractivity contribution is 0.256. The van der Waals surface area contributed by atoms with E-state index in [-0.39, 0.29) is 5.92 Å². The second-order valence-electron chi connectivity index (χ2n) is 7.18. The molecule has 2 aliphatic rings. The highest BCUT2D eigenvalue weighted by Gasteiger charge is 2.35. The molecule has 2 aromatic rings. The van der Waals surface area contributed by atoms with Crippen molar-refractivity contribution in [3.05, 3.63) is 63.9 Å². The van der Waals surface area contributed by atoms with Crippen molar-refractivity contribution in [1.29, 1.82) is 0 Å². The second kappa shape index (κ2) is 7.32. The third-order valence-electron chi connectivity index (χ3n) is 5.50. The van der Waals surface area contributed by atoms with Gasteiger partial charge in [-0.1, -0.05) is 39.7 Å². The Morgan fingerprint density at radius 2 is 1.96 bits per heavy atom. The highest BCUT2D eigenvalue weighted by atomic mass is 79.9. The molecule has 1 saturated heterocycles. The van der Waals surface area contributed by atoms with E-state index in [9.17, 15) is 8.42 Å². The fraction of sp³-hybridized carbons (Fsp3) is 0.350. The van der Waals surface area contributed by atoms with E-state index in [1.54, 1.807) is 4.31 Å². The molecule has 0 spiro atoms. The summed E-state index contributed by atoms with van der Waals surface area (Å²) in [7, 11) is -3.14. The van der Waals surface area contributed by atoms with Crippen molar-refractivity contribution in [2.45, 2.75) is 18.8 Å². The van der Waals surface area contributed by atoms with Crippen LogP contribution in [0.25, 0.3) is 10.6 Å². The van der Waals surface area contributed by atoms with Crippen LogP contribution >= 0.6 is 27.5 Å². The van der Waals surface area contributed by atoms with Crippen molar-refractivity contribution in [2.24, 2.45) is 5.92 Å². The topological polar surface area (TPSA) is 50.3 Å². The number of aromatic nitrogens is 1.